The Morgan fingerprint density at radius 3 is 2.40 bits per heavy atom. The van der Waals surface area contributed by atoms with E-state index in [0.717, 1.165) is 77.1 Å². The van der Waals surface area contributed by atoms with Gasteiger partial charge in [-0.15, -0.1) is 0 Å². The van der Waals surface area contributed by atoms with Gasteiger partial charge in [0, 0.05) is 108 Å². The summed E-state index contributed by atoms with van der Waals surface area (Å²) in [5.74, 6) is 9.68. The van der Waals surface area contributed by atoms with Gasteiger partial charge in [0.05, 0.1) is 23.2 Å². The highest BCUT2D eigenvalue weighted by molar-refractivity contribution is 6.10. The van der Waals surface area contributed by atoms with E-state index in [1.165, 1.54) is 4.57 Å². The van der Waals surface area contributed by atoms with E-state index in [2.05, 4.69) is 75.6 Å². The van der Waals surface area contributed by atoms with Gasteiger partial charge in [0.1, 0.15) is 39.9 Å². The first-order valence-electron chi connectivity index (χ1n) is 21.3. The van der Waals surface area contributed by atoms with Crippen molar-refractivity contribution in [2.24, 2.45) is 0 Å². The molecule has 2 saturated heterocycles. The average molecular weight is 843 g/mol. The number of piperazine rings is 1. The number of nitriles is 1. The van der Waals surface area contributed by atoms with Crippen LogP contribution >= 0.6 is 0 Å². The molecule has 0 bridgehead atoms. The van der Waals surface area contributed by atoms with Crippen molar-refractivity contribution in [3.05, 3.63) is 104 Å². The van der Waals surface area contributed by atoms with Crippen molar-refractivity contribution >= 4 is 74.2 Å². The third-order valence-corrected chi connectivity index (χ3v) is 12.9. The van der Waals surface area contributed by atoms with E-state index in [1.54, 1.807) is 36.1 Å². The maximum Gasteiger partial charge on any atom is 0.221 e. The number of fused-ring (bicyclic) bond motifs is 5. The summed E-state index contributed by atoms with van der Waals surface area (Å²) in [7, 11) is 0. The van der Waals surface area contributed by atoms with Crippen LogP contribution in [0.15, 0.2) is 59.9 Å². The lowest BCUT2D eigenvalue weighted by molar-refractivity contribution is -0.121. The van der Waals surface area contributed by atoms with Crippen molar-refractivity contribution in [3.63, 3.8) is 0 Å². The molecule has 8 rings (SSSR count). The van der Waals surface area contributed by atoms with Crippen LogP contribution < -0.4 is 31.5 Å². The molecule has 14 heteroatoms. The number of anilines is 2. The molecule has 1 aliphatic carbocycles. The second-order valence-electron chi connectivity index (χ2n) is 16.7. The Labute approximate surface area is 362 Å². The molecule has 1 unspecified atom stereocenters. The monoisotopic (exact) mass is 842 g/mol. The van der Waals surface area contributed by atoms with Crippen molar-refractivity contribution in [2.75, 3.05) is 56.0 Å². The third-order valence-electron chi connectivity index (χ3n) is 12.9. The number of aromatic amines is 1. The molecule has 5 aromatic rings. The highest BCUT2D eigenvalue weighted by Crippen LogP contribution is 2.49. The molecule has 1 atom stereocenters. The van der Waals surface area contributed by atoms with Crippen LogP contribution in [0.25, 0.3) is 27.2 Å². The van der Waals surface area contributed by atoms with Gasteiger partial charge in [-0.05, 0) is 66.3 Å². The standard InChI is InChI=1S/C49H46N8O6/c1-4-31-22-35-36(26-59)46-33-11-9-30(24-50)21-39(33)54-48(46)49(2,3)37(35)23-42(31)56-19-17-55(18-20-56)16-13-45(63)52-15-6-14-51-38-8-5-7-34-43(28-61)57(44(29-62)47(34)38)41-12-10-32(25-58)53-40(41)27-60/h5,7-9,11,21-23,41,51,53-54H,4,6,10,12-20H2,1-3H3,(H,52,63). The number of allylic oxidation sites excluding steroid dienone is 2. The normalized spacial score (nSPS) is 16.8. The lowest BCUT2D eigenvalue weighted by Crippen LogP contribution is -2.47. The number of hydrogen-bond donors (Lipinski definition) is 4. The van der Waals surface area contributed by atoms with Crippen molar-refractivity contribution in [1.29, 1.82) is 5.26 Å². The number of H-pyrrole nitrogens is 1. The number of carbonyl (C=O) groups excluding carboxylic acids is 6. The minimum absolute atomic E-state index is 0.0127. The fourth-order valence-electron chi connectivity index (χ4n) is 9.60. The molecule has 63 heavy (non-hydrogen) atoms. The fraction of sp³-hybridized carbons (Fsp3) is 0.347. The van der Waals surface area contributed by atoms with Gasteiger partial charge in [0.2, 0.25) is 5.91 Å². The van der Waals surface area contributed by atoms with Crippen molar-refractivity contribution < 1.29 is 28.8 Å². The van der Waals surface area contributed by atoms with Crippen LogP contribution in [-0.4, -0.2) is 95.9 Å². The molecule has 318 valence electrons. The van der Waals surface area contributed by atoms with Gasteiger partial charge in [0.15, 0.2) is 11.9 Å². The zero-order valence-corrected chi connectivity index (χ0v) is 35.4. The van der Waals surface area contributed by atoms with E-state index in [1.807, 2.05) is 24.0 Å². The largest absolute Gasteiger partial charge is 0.384 e. The van der Waals surface area contributed by atoms with Gasteiger partial charge in [0.25, 0.3) is 0 Å². The van der Waals surface area contributed by atoms with E-state index in [-0.39, 0.29) is 40.8 Å². The number of aryl methyl sites for hydroxylation is 1. The number of aromatic nitrogens is 2. The van der Waals surface area contributed by atoms with E-state index in [4.69, 9.17) is 0 Å². The highest BCUT2D eigenvalue weighted by atomic mass is 16.1. The summed E-state index contributed by atoms with van der Waals surface area (Å²) in [4.78, 5) is 81.5. The molecule has 1 amide bonds. The quantitative estimate of drug-likeness (QED) is 0.113. The molecule has 0 radical (unpaired) electrons. The first-order chi connectivity index (χ1) is 30.6. The Balaban J connectivity index is 0.861. The SMILES string of the molecule is CCc1cc2c(cc1N1CCN(CCC(=O)NCCCNc3cccc4c(=C=O)n(C5CCC(=C=O)NC5=C=O)c(=C=O)c34)CC1)C(C)(C)c1[nH]c3cc(C#N)ccc3c1C2=C=O. The number of nitrogens with zero attached hydrogens (tertiary/aromatic N) is 4. The van der Waals surface area contributed by atoms with Crippen LogP contribution in [-0.2, 0) is 40.6 Å². The number of benzene rings is 3. The molecule has 3 aromatic carbocycles. The topological polar surface area (TPSA) is 189 Å². The minimum Gasteiger partial charge on any atom is -0.384 e. The maximum atomic E-state index is 12.9. The van der Waals surface area contributed by atoms with Crippen LogP contribution in [0.3, 0.4) is 0 Å². The Bertz CT molecular complexity index is 3080. The number of rotatable bonds is 11. The summed E-state index contributed by atoms with van der Waals surface area (Å²) in [5.41, 5.74) is 8.32. The number of piperidine rings is 1. The molecule has 4 heterocycles. The molecular formula is C49H46N8O6. The first kappa shape index (κ1) is 42.3. The van der Waals surface area contributed by atoms with Crippen LogP contribution in [0.5, 0.6) is 0 Å². The average Bonchev–Trinajstić information content (AvgIpc) is 3.87. The predicted molar refractivity (Wildman–Crippen MR) is 239 cm³/mol. The molecule has 2 aromatic heterocycles. The van der Waals surface area contributed by atoms with E-state index in [0.29, 0.717) is 60.1 Å². The maximum absolute atomic E-state index is 12.9. The summed E-state index contributed by atoms with van der Waals surface area (Å²) < 4.78 is 1.43. The lowest BCUT2D eigenvalue weighted by atomic mass is 9.69. The second-order valence-corrected chi connectivity index (χ2v) is 16.7. The highest BCUT2D eigenvalue weighted by Gasteiger charge is 2.39. The number of hydrogen-bond acceptors (Lipinski definition) is 11. The van der Waals surface area contributed by atoms with Crippen LogP contribution in [0.2, 0.25) is 0 Å². The van der Waals surface area contributed by atoms with Crippen molar-refractivity contribution in [1.82, 2.24) is 25.1 Å². The number of amides is 1. The molecule has 0 saturated carbocycles. The van der Waals surface area contributed by atoms with Gasteiger partial charge in [-0.1, -0.05) is 39.0 Å². The van der Waals surface area contributed by atoms with Crippen LogP contribution in [0.4, 0.5) is 11.4 Å². The Hall–Kier alpha value is -7.43. The molecule has 2 fully saturated rings. The molecule has 14 nitrogen and oxygen atoms in total. The minimum atomic E-state index is -0.752. The fourth-order valence-corrected chi connectivity index (χ4v) is 9.60. The lowest BCUT2D eigenvalue weighted by Gasteiger charge is -2.39. The van der Waals surface area contributed by atoms with E-state index >= 15 is 0 Å². The number of carbonyl (C=O) groups is 1. The summed E-state index contributed by atoms with van der Waals surface area (Å²) >= 11 is 0. The van der Waals surface area contributed by atoms with E-state index in [9.17, 15) is 34.0 Å². The predicted octanol–water partition coefficient (Wildman–Crippen LogP) is 2.95. The Morgan fingerprint density at radius 2 is 1.70 bits per heavy atom. The zero-order chi connectivity index (χ0) is 44.4. The van der Waals surface area contributed by atoms with E-state index < -0.39 is 11.5 Å². The van der Waals surface area contributed by atoms with Crippen LogP contribution in [0, 0.1) is 11.3 Å². The Kier molecular flexibility index (Phi) is 11.7. The summed E-state index contributed by atoms with van der Waals surface area (Å²) in [5, 5.41) is 20.6. The van der Waals surface area contributed by atoms with Gasteiger partial charge in [-0.3, -0.25) is 9.69 Å². The number of nitrogens with one attached hydrogen (secondary N) is 4. The zero-order valence-electron chi connectivity index (χ0n) is 35.4. The summed E-state index contributed by atoms with van der Waals surface area (Å²) in [6.07, 6.45) is 2.27. The van der Waals surface area contributed by atoms with Gasteiger partial charge < -0.3 is 30.4 Å². The van der Waals surface area contributed by atoms with Crippen LogP contribution in [0.1, 0.15) is 86.0 Å². The van der Waals surface area contributed by atoms with Crippen molar-refractivity contribution in [3.8, 4) is 6.07 Å². The molecular weight excluding hydrogens is 797 g/mol. The molecule has 3 aliphatic rings. The third kappa shape index (κ3) is 7.52. The van der Waals surface area contributed by atoms with Crippen molar-refractivity contribution in [2.45, 2.75) is 64.3 Å². The first-order valence-corrected chi connectivity index (χ1v) is 21.3. The van der Waals surface area contributed by atoms with Gasteiger partial charge in [-0.2, -0.15) is 5.26 Å². The van der Waals surface area contributed by atoms with Gasteiger partial charge in [-0.25, -0.2) is 24.0 Å². The molecule has 0 spiro atoms. The van der Waals surface area contributed by atoms with Gasteiger partial charge >= 0.3 is 0 Å². The molecule has 4 N–H and O–H groups in total. The Morgan fingerprint density at radius 1 is 0.905 bits per heavy atom. The molecule has 2 aliphatic heterocycles. The summed E-state index contributed by atoms with van der Waals surface area (Å²) in [6, 6.07) is 16.6. The smallest absolute Gasteiger partial charge is 0.221 e. The summed E-state index contributed by atoms with van der Waals surface area (Å²) in [6.45, 7) is 11.2. The second kappa shape index (κ2) is 17.5.